The number of hydrogen-bond acceptors (Lipinski definition) is 2. The Morgan fingerprint density at radius 2 is 2.38 bits per heavy atom. The molecule has 0 unspecified atom stereocenters. The highest BCUT2D eigenvalue weighted by molar-refractivity contribution is 5.47. The molecule has 0 saturated carbocycles. The van der Waals surface area contributed by atoms with Crippen LogP contribution in [0.15, 0.2) is 28.8 Å². The van der Waals surface area contributed by atoms with E-state index < -0.39 is 0 Å². The Bertz CT molecular complexity index is 129. The maximum absolute atomic E-state index is 3.58. The molecule has 0 aliphatic carbocycles. The van der Waals surface area contributed by atoms with Gasteiger partial charge in [-0.15, -0.1) is 0 Å². The molecule has 0 heterocycles. The third kappa shape index (κ3) is 4.86. The van der Waals surface area contributed by atoms with Crippen LogP contribution in [-0.4, -0.2) is 19.1 Å². The van der Waals surface area contributed by atoms with Crippen LogP contribution in [0.1, 0.15) is 0 Å². The average molecular weight is 108 g/mol. The predicted octanol–water partition coefficient (Wildman–Crippen LogP) is 1.06. The van der Waals surface area contributed by atoms with Crippen molar-refractivity contribution in [3.8, 4) is 0 Å². The van der Waals surface area contributed by atoms with Crippen LogP contribution in [0, 0.1) is 0 Å². The van der Waals surface area contributed by atoms with E-state index in [-0.39, 0.29) is 0 Å². The fraction of sp³-hybridized carbons (Fsp3) is 0.167. The summed E-state index contributed by atoms with van der Waals surface area (Å²) in [5, 5.41) is 0. The third-order valence-electron chi connectivity index (χ3n) is 0.506. The molecular formula is C6H8N2. The van der Waals surface area contributed by atoms with Gasteiger partial charge in [0, 0.05) is 6.20 Å². The van der Waals surface area contributed by atoms with E-state index in [0.717, 1.165) is 0 Å². The lowest BCUT2D eigenvalue weighted by molar-refractivity contribution is 1.26. The van der Waals surface area contributed by atoms with Crippen LogP contribution in [0.5, 0.6) is 0 Å². The van der Waals surface area contributed by atoms with Crippen molar-refractivity contribution in [3.05, 3.63) is 18.9 Å². The number of aliphatic imine (C=N–C) groups is 2. The van der Waals surface area contributed by atoms with Crippen molar-refractivity contribution in [1.82, 2.24) is 0 Å². The Morgan fingerprint density at radius 1 is 1.62 bits per heavy atom. The van der Waals surface area contributed by atoms with Gasteiger partial charge in [-0.1, -0.05) is 0 Å². The highest BCUT2D eigenvalue weighted by Crippen LogP contribution is 1.72. The lowest BCUT2D eigenvalue weighted by atomic mass is 10.6. The quantitative estimate of drug-likeness (QED) is 0.483. The smallest absolute Gasteiger partial charge is 0.0581 e. The summed E-state index contributed by atoms with van der Waals surface area (Å²) in [6, 6.07) is 0. The largest absolute Gasteiger partial charge is 0.297 e. The number of nitrogens with zero attached hydrogens (tertiary/aromatic N) is 2. The van der Waals surface area contributed by atoms with Gasteiger partial charge < -0.3 is 0 Å². The van der Waals surface area contributed by atoms with Gasteiger partial charge in [-0.3, -0.25) is 4.99 Å². The van der Waals surface area contributed by atoms with E-state index in [1.54, 1.807) is 12.3 Å². The summed E-state index contributed by atoms with van der Waals surface area (Å²) in [4.78, 5) is 7.14. The molecule has 0 aromatic carbocycles. The van der Waals surface area contributed by atoms with Crippen LogP contribution in [0.2, 0.25) is 0 Å². The van der Waals surface area contributed by atoms with Crippen LogP contribution in [0.25, 0.3) is 0 Å². The van der Waals surface area contributed by atoms with Gasteiger partial charge in [0.25, 0.3) is 0 Å². The summed E-state index contributed by atoms with van der Waals surface area (Å²) >= 11 is 0. The molecule has 0 rings (SSSR count). The molecule has 8 heavy (non-hydrogen) atoms. The van der Waals surface area contributed by atoms with E-state index in [0.29, 0.717) is 6.54 Å². The van der Waals surface area contributed by atoms with Gasteiger partial charge in [-0.25, -0.2) is 4.99 Å². The first-order chi connectivity index (χ1) is 3.91. The zero-order chi connectivity index (χ0) is 6.24. The first-order valence-corrected chi connectivity index (χ1v) is 2.21. The SMILES string of the molecule is C=C=N/C=C\CN=C. The molecule has 0 spiro atoms. The van der Waals surface area contributed by atoms with Crippen LogP contribution in [0.3, 0.4) is 0 Å². The second-order valence-electron chi connectivity index (χ2n) is 1.08. The molecule has 0 aliphatic rings. The van der Waals surface area contributed by atoms with Crippen molar-refractivity contribution in [2.24, 2.45) is 9.98 Å². The fourth-order valence-corrected chi connectivity index (χ4v) is 0.227. The second kappa shape index (κ2) is 5.86. The molecule has 2 heteroatoms. The van der Waals surface area contributed by atoms with Crippen molar-refractivity contribution >= 4 is 12.6 Å². The predicted molar refractivity (Wildman–Crippen MR) is 36.6 cm³/mol. The van der Waals surface area contributed by atoms with Gasteiger partial charge in [-0.05, 0) is 25.2 Å². The Labute approximate surface area is 49.0 Å². The van der Waals surface area contributed by atoms with Gasteiger partial charge in [-0.2, -0.15) is 0 Å². The minimum Gasteiger partial charge on any atom is -0.297 e. The van der Waals surface area contributed by atoms with E-state index in [1.165, 1.54) is 0 Å². The fourth-order valence-electron chi connectivity index (χ4n) is 0.227. The van der Waals surface area contributed by atoms with Gasteiger partial charge >= 0.3 is 0 Å². The first-order valence-electron chi connectivity index (χ1n) is 2.21. The van der Waals surface area contributed by atoms with Crippen LogP contribution in [0.4, 0.5) is 0 Å². The lowest BCUT2D eigenvalue weighted by Crippen LogP contribution is -1.64. The van der Waals surface area contributed by atoms with Crippen LogP contribution < -0.4 is 0 Å². The average Bonchev–Trinajstić information content (AvgIpc) is 1.81. The highest BCUT2D eigenvalue weighted by Gasteiger charge is 1.61. The van der Waals surface area contributed by atoms with Crippen molar-refractivity contribution < 1.29 is 0 Å². The number of rotatable bonds is 3. The molecule has 0 fully saturated rings. The maximum atomic E-state index is 3.58. The second-order valence-corrected chi connectivity index (χ2v) is 1.08. The minimum atomic E-state index is 0.602. The molecule has 0 N–H and O–H groups in total. The van der Waals surface area contributed by atoms with Gasteiger partial charge in [0.2, 0.25) is 0 Å². The molecule has 0 atom stereocenters. The van der Waals surface area contributed by atoms with Gasteiger partial charge in [0.15, 0.2) is 0 Å². The van der Waals surface area contributed by atoms with Crippen LogP contribution >= 0.6 is 0 Å². The number of hydrogen-bond donors (Lipinski definition) is 0. The molecule has 0 saturated heterocycles. The Balaban J connectivity index is 3.33. The van der Waals surface area contributed by atoms with Crippen molar-refractivity contribution in [2.45, 2.75) is 0 Å². The summed E-state index contributed by atoms with van der Waals surface area (Å²) in [6.07, 6.45) is 3.35. The molecule has 2 nitrogen and oxygen atoms in total. The molecule has 0 aliphatic heterocycles. The van der Waals surface area contributed by atoms with Crippen LogP contribution in [-0.2, 0) is 0 Å². The van der Waals surface area contributed by atoms with E-state index in [2.05, 4.69) is 29.2 Å². The van der Waals surface area contributed by atoms with E-state index in [1.807, 2.05) is 0 Å². The normalized spacial score (nSPS) is 8.50. The third-order valence-corrected chi connectivity index (χ3v) is 0.506. The standard InChI is InChI=1S/C6H8N2/c1-3-8-6-4-5-7-2/h4,6H,1-2,5H2/b6-4-. The summed E-state index contributed by atoms with van der Waals surface area (Å²) in [5.74, 6) is 2.35. The molecule has 42 valence electrons. The summed E-state index contributed by atoms with van der Waals surface area (Å²) in [6.45, 7) is 7.15. The maximum Gasteiger partial charge on any atom is 0.0581 e. The van der Waals surface area contributed by atoms with Gasteiger partial charge in [0.05, 0.1) is 6.54 Å². The monoisotopic (exact) mass is 108 g/mol. The minimum absolute atomic E-state index is 0.602. The van der Waals surface area contributed by atoms with Crippen molar-refractivity contribution in [3.63, 3.8) is 0 Å². The molecule has 0 aromatic heterocycles. The highest BCUT2D eigenvalue weighted by atomic mass is 14.7. The van der Waals surface area contributed by atoms with Crippen molar-refractivity contribution in [2.75, 3.05) is 6.54 Å². The van der Waals surface area contributed by atoms with Crippen molar-refractivity contribution in [1.29, 1.82) is 0 Å². The van der Waals surface area contributed by atoms with E-state index in [4.69, 9.17) is 0 Å². The lowest BCUT2D eigenvalue weighted by Gasteiger charge is -1.72. The Kier molecular flexibility index (Phi) is 5.02. The summed E-state index contributed by atoms with van der Waals surface area (Å²) in [7, 11) is 0. The Hall–Kier alpha value is -1.14. The van der Waals surface area contributed by atoms with E-state index in [9.17, 15) is 0 Å². The van der Waals surface area contributed by atoms with E-state index >= 15 is 0 Å². The summed E-state index contributed by atoms with van der Waals surface area (Å²) in [5.41, 5.74) is 0. The topological polar surface area (TPSA) is 24.7 Å². The summed E-state index contributed by atoms with van der Waals surface area (Å²) < 4.78 is 0. The molecule has 0 amide bonds. The molecule has 0 aromatic rings. The van der Waals surface area contributed by atoms with Gasteiger partial charge in [0.1, 0.15) is 0 Å². The Morgan fingerprint density at radius 3 is 2.88 bits per heavy atom. The molecule has 0 radical (unpaired) electrons. The zero-order valence-electron chi connectivity index (χ0n) is 4.67. The first kappa shape index (κ1) is 6.86. The molecular weight excluding hydrogens is 100 g/mol. The molecule has 0 bridgehead atoms. The zero-order valence-corrected chi connectivity index (χ0v) is 4.67.